The Kier molecular flexibility index (Phi) is 6.34. The van der Waals surface area contributed by atoms with Crippen LogP contribution in [-0.2, 0) is 21.3 Å². The SMILES string of the molecule is CCn1c(SC(C)c2c(F)cccc2F)nc2cc(S(=O)(=O)N3CCOCC3)ccc21. The molecule has 2 aromatic carbocycles. The zero-order valence-corrected chi connectivity index (χ0v) is 18.8. The molecule has 0 radical (unpaired) electrons. The van der Waals surface area contributed by atoms with Crippen LogP contribution in [0.5, 0.6) is 0 Å². The third kappa shape index (κ3) is 4.21. The highest BCUT2D eigenvalue weighted by atomic mass is 32.2. The van der Waals surface area contributed by atoms with Crippen molar-refractivity contribution < 1.29 is 21.9 Å². The number of imidazole rings is 1. The van der Waals surface area contributed by atoms with Crippen LogP contribution in [-0.4, -0.2) is 48.6 Å². The molecule has 6 nitrogen and oxygen atoms in total. The van der Waals surface area contributed by atoms with Gasteiger partial charge in [-0.1, -0.05) is 17.8 Å². The molecule has 1 fully saturated rings. The van der Waals surface area contributed by atoms with Crippen LogP contribution in [0.4, 0.5) is 8.78 Å². The molecule has 31 heavy (non-hydrogen) atoms. The maximum Gasteiger partial charge on any atom is 0.243 e. The van der Waals surface area contributed by atoms with Gasteiger partial charge in [0.1, 0.15) is 11.6 Å². The molecule has 1 atom stereocenters. The highest BCUT2D eigenvalue weighted by Gasteiger charge is 2.27. The number of nitrogens with zero attached hydrogens (tertiary/aromatic N) is 3. The number of hydrogen-bond donors (Lipinski definition) is 0. The molecule has 1 aliphatic rings. The first-order valence-corrected chi connectivity index (χ1v) is 12.3. The summed E-state index contributed by atoms with van der Waals surface area (Å²) in [6.45, 7) is 5.63. The third-order valence-corrected chi connectivity index (χ3v) is 8.30. The van der Waals surface area contributed by atoms with Crippen molar-refractivity contribution in [1.29, 1.82) is 0 Å². The molecule has 2 heterocycles. The van der Waals surface area contributed by atoms with Gasteiger partial charge in [-0.15, -0.1) is 0 Å². The zero-order valence-electron chi connectivity index (χ0n) is 17.2. The standard InChI is InChI=1S/C21H23F2N3O3S2/c1-3-26-19-8-7-15(31(27,28)25-9-11-29-12-10-25)13-18(19)24-21(26)30-14(2)20-16(22)5-4-6-17(20)23/h4-8,13-14H,3,9-12H2,1-2H3. The number of rotatable bonds is 6. The lowest BCUT2D eigenvalue weighted by Crippen LogP contribution is -2.40. The van der Waals surface area contributed by atoms with Gasteiger partial charge in [0, 0.05) is 30.4 Å². The number of sulfonamides is 1. The number of aryl methyl sites for hydroxylation is 1. The molecule has 10 heteroatoms. The molecule has 1 aliphatic heterocycles. The lowest BCUT2D eigenvalue weighted by atomic mass is 10.1. The summed E-state index contributed by atoms with van der Waals surface area (Å²) >= 11 is 1.24. The van der Waals surface area contributed by atoms with Gasteiger partial charge in [0.15, 0.2) is 5.16 Å². The fourth-order valence-electron chi connectivity index (χ4n) is 3.70. The van der Waals surface area contributed by atoms with Crippen LogP contribution < -0.4 is 0 Å². The smallest absolute Gasteiger partial charge is 0.243 e. The predicted molar refractivity (Wildman–Crippen MR) is 116 cm³/mol. The normalized spacial score (nSPS) is 16.6. The molecular formula is C21H23F2N3O3S2. The molecule has 0 spiro atoms. The van der Waals surface area contributed by atoms with Gasteiger partial charge in [0.2, 0.25) is 10.0 Å². The van der Waals surface area contributed by atoms with Gasteiger partial charge < -0.3 is 9.30 Å². The fraction of sp³-hybridized carbons (Fsp3) is 0.381. The Morgan fingerprint density at radius 1 is 1.16 bits per heavy atom. The average molecular weight is 468 g/mol. The molecular weight excluding hydrogens is 444 g/mol. The van der Waals surface area contributed by atoms with Gasteiger partial charge in [0.25, 0.3) is 0 Å². The van der Waals surface area contributed by atoms with E-state index in [0.29, 0.717) is 43.5 Å². The monoisotopic (exact) mass is 467 g/mol. The first-order chi connectivity index (χ1) is 14.8. The van der Waals surface area contributed by atoms with Gasteiger partial charge in [-0.05, 0) is 44.2 Å². The molecule has 3 aromatic rings. The number of ether oxygens (including phenoxy) is 1. The quantitative estimate of drug-likeness (QED) is 0.508. The highest BCUT2D eigenvalue weighted by Crippen LogP contribution is 2.38. The number of halogens is 2. The Hall–Kier alpha value is -2.01. The van der Waals surface area contributed by atoms with Crippen molar-refractivity contribution in [3.63, 3.8) is 0 Å². The first kappa shape index (κ1) is 22.2. The van der Waals surface area contributed by atoms with Crippen molar-refractivity contribution >= 4 is 32.8 Å². The van der Waals surface area contributed by atoms with E-state index in [1.54, 1.807) is 25.1 Å². The second-order valence-corrected chi connectivity index (χ2v) is 10.4. The van der Waals surface area contributed by atoms with Crippen molar-refractivity contribution in [3.8, 4) is 0 Å². The average Bonchev–Trinajstić information content (AvgIpc) is 3.10. The van der Waals surface area contributed by atoms with Gasteiger partial charge in [0.05, 0.1) is 29.1 Å². The number of aromatic nitrogens is 2. The van der Waals surface area contributed by atoms with Crippen LogP contribution in [0.25, 0.3) is 11.0 Å². The molecule has 1 aromatic heterocycles. The van der Waals surface area contributed by atoms with Crippen LogP contribution in [0.3, 0.4) is 0 Å². The predicted octanol–water partition coefficient (Wildman–Crippen LogP) is 4.21. The lowest BCUT2D eigenvalue weighted by molar-refractivity contribution is 0.0730. The van der Waals surface area contributed by atoms with Gasteiger partial charge in [-0.25, -0.2) is 22.2 Å². The van der Waals surface area contributed by atoms with E-state index in [2.05, 4.69) is 4.98 Å². The van der Waals surface area contributed by atoms with Crippen molar-refractivity contribution in [2.45, 2.75) is 35.7 Å². The lowest BCUT2D eigenvalue weighted by Gasteiger charge is -2.26. The Morgan fingerprint density at radius 3 is 2.48 bits per heavy atom. The Labute approximate surface area is 184 Å². The van der Waals surface area contributed by atoms with E-state index in [-0.39, 0.29) is 10.5 Å². The topological polar surface area (TPSA) is 64.4 Å². The molecule has 4 rings (SSSR count). The molecule has 0 amide bonds. The van der Waals surface area contributed by atoms with E-state index in [0.717, 1.165) is 5.52 Å². The maximum atomic E-state index is 14.2. The summed E-state index contributed by atoms with van der Waals surface area (Å²) in [6.07, 6.45) is 0. The van der Waals surface area contributed by atoms with E-state index < -0.39 is 26.9 Å². The summed E-state index contributed by atoms with van der Waals surface area (Å²) in [5.74, 6) is -1.20. The maximum absolute atomic E-state index is 14.2. The minimum atomic E-state index is -3.64. The molecule has 1 unspecified atom stereocenters. The van der Waals surface area contributed by atoms with Crippen LogP contribution >= 0.6 is 11.8 Å². The van der Waals surface area contributed by atoms with Crippen molar-refractivity contribution in [1.82, 2.24) is 13.9 Å². The first-order valence-electron chi connectivity index (χ1n) is 10.0. The Bertz CT molecular complexity index is 1190. The fourth-order valence-corrected chi connectivity index (χ4v) is 6.29. The molecule has 0 N–H and O–H groups in total. The van der Waals surface area contributed by atoms with E-state index in [9.17, 15) is 17.2 Å². The highest BCUT2D eigenvalue weighted by molar-refractivity contribution is 7.99. The molecule has 1 saturated heterocycles. The van der Waals surface area contributed by atoms with Crippen molar-refractivity contribution in [2.75, 3.05) is 26.3 Å². The minimum absolute atomic E-state index is 0.00204. The molecule has 0 bridgehead atoms. The van der Waals surface area contributed by atoms with Crippen molar-refractivity contribution in [2.24, 2.45) is 0 Å². The van der Waals surface area contributed by atoms with E-state index >= 15 is 0 Å². The number of hydrogen-bond acceptors (Lipinski definition) is 5. The van der Waals surface area contributed by atoms with Gasteiger partial charge >= 0.3 is 0 Å². The number of fused-ring (bicyclic) bond motifs is 1. The van der Waals surface area contributed by atoms with E-state index in [1.165, 1.54) is 34.3 Å². The third-order valence-electron chi connectivity index (χ3n) is 5.30. The zero-order chi connectivity index (χ0) is 22.2. The number of benzene rings is 2. The summed E-state index contributed by atoms with van der Waals surface area (Å²) in [5, 5.41) is 0.0634. The van der Waals surface area contributed by atoms with Gasteiger partial charge in [-0.3, -0.25) is 0 Å². The van der Waals surface area contributed by atoms with E-state index in [4.69, 9.17) is 4.74 Å². The second kappa shape index (κ2) is 8.85. The Morgan fingerprint density at radius 2 is 1.84 bits per heavy atom. The van der Waals surface area contributed by atoms with E-state index in [1.807, 2.05) is 11.5 Å². The summed E-state index contributed by atoms with van der Waals surface area (Å²) in [4.78, 5) is 4.77. The second-order valence-electron chi connectivity index (χ2n) is 7.20. The van der Waals surface area contributed by atoms with Crippen LogP contribution in [0, 0.1) is 11.6 Å². The number of morpholine rings is 1. The summed E-state index contributed by atoms with van der Waals surface area (Å²) in [5.41, 5.74) is 1.30. The van der Waals surface area contributed by atoms with Crippen LogP contribution in [0.2, 0.25) is 0 Å². The number of thioether (sulfide) groups is 1. The molecule has 0 saturated carbocycles. The molecule has 0 aliphatic carbocycles. The summed E-state index contributed by atoms with van der Waals surface area (Å²) < 4.78 is 62.9. The van der Waals surface area contributed by atoms with Crippen molar-refractivity contribution in [3.05, 3.63) is 53.6 Å². The Balaban J connectivity index is 1.69. The minimum Gasteiger partial charge on any atom is -0.379 e. The van der Waals surface area contributed by atoms with Crippen LogP contribution in [0.1, 0.15) is 24.7 Å². The largest absolute Gasteiger partial charge is 0.379 e. The summed E-state index contributed by atoms with van der Waals surface area (Å²) in [6, 6.07) is 8.68. The summed E-state index contributed by atoms with van der Waals surface area (Å²) in [7, 11) is -3.64. The molecule has 166 valence electrons. The van der Waals surface area contributed by atoms with Crippen LogP contribution in [0.15, 0.2) is 46.5 Å². The van der Waals surface area contributed by atoms with Gasteiger partial charge in [-0.2, -0.15) is 4.31 Å².